The van der Waals surface area contributed by atoms with Gasteiger partial charge in [-0.3, -0.25) is 4.98 Å². The summed E-state index contributed by atoms with van der Waals surface area (Å²) < 4.78 is 27.9. The molecule has 2 atom stereocenters. The Morgan fingerprint density at radius 2 is 1.57 bits per heavy atom. The van der Waals surface area contributed by atoms with Crippen molar-refractivity contribution >= 4 is 0 Å². The molecule has 8 heteroatoms. The van der Waals surface area contributed by atoms with Gasteiger partial charge in [-0.15, -0.1) is 0 Å². The summed E-state index contributed by atoms with van der Waals surface area (Å²) in [5.74, 6) is 2.47. The maximum atomic E-state index is 11.8. The highest BCUT2D eigenvalue weighted by Crippen LogP contribution is 2.50. The zero-order valence-corrected chi connectivity index (χ0v) is 17.1. The molecule has 1 aliphatic rings. The minimum absolute atomic E-state index is 0.210. The second-order valence-electron chi connectivity index (χ2n) is 6.72. The van der Waals surface area contributed by atoms with Crippen LogP contribution in [0.2, 0.25) is 0 Å². The van der Waals surface area contributed by atoms with Crippen molar-refractivity contribution in [3.63, 3.8) is 0 Å². The summed E-state index contributed by atoms with van der Waals surface area (Å²) in [7, 11) is 6.30. The van der Waals surface area contributed by atoms with Gasteiger partial charge in [0.25, 0.3) is 0 Å². The number of aromatic nitrogens is 2. The smallest absolute Gasteiger partial charge is 0.347 e. The van der Waals surface area contributed by atoms with Gasteiger partial charge in [-0.1, -0.05) is 12.1 Å². The maximum absolute atomic E-state index is 11.8. The van der Waals surface area contributed by atoms with Crippen LogP contribution in [0, 0.1) is 0 Å². The van der Waals surface area contributed by atoms with E-state index in [0.717, 1.165) is 22.4 Å². The molecule has 0 fully saturated rings. The van der Waals surface area contributed by atoms with Crippen LogP contribution in [0.5, 0.6) is 28.9 Å². The standard InChI is InChI=1S/C22H22N2O6/c1-26-14-7-5-12(6-8-14)18-15-11-23-22(25)24-21(15)30-19(18)13-9-16(27-2)20(29-4)17(10-13)28-3/h5-11,18-19H,1-4H3,(H,23,24,25). The Balaban J connectivity index is 1.86. The Hall–Kier alpha value is -3.68. The van der Waals surface area contributed by atoms with E-state index in [9.17, 15) is 4.79 Å². The van der Waals surface area contributed by atoms with Crippen molar-refractivity contribution in [1.82, 2.24) is 9.97 Å². The van der Waals surface area contributed by atoms with Gasteiger partial charge < -0.3 is 23.7 Å². The van der Waals surface area contributed by atoms with Crippen molar-refractivity contribution in [3.8, 4) is 28.9 Å². The lowest BCUT2D eigenvalue weighted by molar-refractivity contribution is 0.213. The fourth-order valence-electron chi connectivity index (χ4n) is 3.76. The molecule has 2 heterocycles. The van der Waals surface area contributed by atoms with Crippen LogP contribution in [0.4, 0.5) is 0 Å². The Kier molecular flexibility index (Phi) is 5.22. The summed E-state index contributed by atoms with van der Waals surface area (Å²) in [4.78, 5) is 18.4. The highest BCUT2D eigenvalue weighted by Gasteiger charge is 2.39. The first-order valence-corrected chi connectivity index (χ1v) is 9.29. The van der Waals surface area contributed by atoms with Gasteiger partial charge in [-0.05, 0) is 29.8 Å². The van der Waals surface area contributed by atoms with Gasteiger partial charge in [0.1, 0.15) is 11.9 Å². The molecule has 0 aliphatic carbocycles. The molecule has 1 aromatic heterocycles. The van der Waals surface area contributed by atoms with E-state index in [1.807, 2.05) is 36.4 Å². The molecule has 0 bridgehead atoms. The third kappa shape index (κ3) is 3.30. The van der Waals surface area contributed by atoms with Crippen molar-refractivity contribution in [1.29, 1.82) is 0 Å². The molecule has 0 saturated heterocycles. The first-order valence-electron chi connectivity index (χ1n) is 9.29. The first kappa shape index (κ1) is 19.6. The summed E-state index contributed by atoms with van der Waals surface area (Å²) >= 11 is 0. The number of fused-ring (bicyclic) bond motifs is 1. The number of nitrogens with one attached hydrogen (secondary N) is 1. The monoisotopic (exact) mass is 410 g/mol. The second-order valence-corrected chi connectivity index (χ2v) is 6.72. The topological polar surface area (TPSA) is 91.9 Å². The van der Waals surface area contributed by atoms with E-state index in [1.165, 1.54) is 0 Å². The summed E-state index contributed by atoms with van der Waals surface area (Å²) in [5, 5.41) is 0. The van der Waals surface area contributed by atoms with Crippen molar-refractivity contribution in [2.45, 2.75) is 12.0 Å². The predicted molar refractivity (Wildman–Crippen MR) is 109 cm³/mol. The van der Waals surface area contributed by atoms with Crippen LogP contribution in [0.15, 0.2) is 47.4 Å². The van der Waals surface area contributed by atoms with E-state index in [0.29, 0.717) is 23.1 Å². The second kappa shape index (κ2) is 7.98. The number of aromatic amines is 1. The van der Waals surface area contributed by atoms with Gasteiger partial charge in [0, 0.05) is 17.3 Å². The van der Waals surface area contributed by atoms with Crippen LogP contribution in [-0.2, 0) is 0 Å². The fraction of sp³-hybridized carbons (Fsp3) is 0.273. The molecular weight excluding hydrogens is 388 g/mol. The Labute approximate surface area is 173 Å². The van der Waals surface area contributed by atoms with Gasteiger partial charge in [0.05, 0.1) is 34.4 Å². The Morgan fingerprint density at radius 3 is 2.13 bits per heavy atom. The molecule has 3 aromatic rings. The number of methoxy groups -OCH3 is 4. The molecule has 30 heavy (non-hydrogen) atoms. The molecule has 1 aliphatic heterocycles. The van der Waals surface area contributed by atoms with E-state index in [-0.39, 0.29) is 5.92 Å². The molecule has 8 nitrogen and oxygen atoms in total. The lowest BCUT2D eigenvalue weighted by Crippen LogP contribution is -2.12. The van der Waals surface area contributed by atoms with Crippen LogP contribution >= 0.6 is 0 Å². The Bertz CT molecular complexity index is 1080. The van der Waals surface area contributed by atoms with Crippen LogP contribution in [0.25, 0.3) is 0 Å². The van der Waals surface area contributed by atoms with E-state index < -0.39 is 11.8 Å². The normalized spacial score (nSPS) is 17.1. The van der Waals surface area contributed by atoms with Crippen molar-refractivity contribution in [3.05, 3.63) is 69.8 Å². The van der Waals surface area contributed by atoms with Crippen molar-refractivity contribution in [2.24, 2.45) is 0 Å². The third-order valence-corrected chi connectivity index (χ3v) is 5.18. The molecule has 4 rings (SSSR count). The summed E-state index contributed by atoms with van der Waals surface area (Å²) in [6.07, 6.45) is 1.11. The zero-order valence-electron chi connectivity index (χ0n) is 17.1. The lowest BCUT2D eigenvalue weighted by Gasteiger charge is -2.22. The van der Waals surface area contributed by atoms with Gasteiger partial charge in [-0.25, -0.2) is 9.78 Å². The largest absolute Gasteiger partial charge is 0.497 e. The minimum atomic E-state index is -0.465. The summed E-state index contributed by atoms with van der Waals surface area (Å²) in [6, 6.07) is 11.4. The minimum Gasteiger partial charge on any atom is -0.497 e. The lowest BCUT2D eigenvalue weighted by atomic mass is 9.86. The molecule has 0 saturated carbocycles. The first-order chi connectivity index (χ1) is 14.6. The quantitative estimate of drug-likeness (QED) is 0.668. The molecule has 0 spiro atoms. The number of nitrogens with zero attached hydrogens (tertiary/aromatic N) is 1. The molecule has 2 aromatic carbocycles. The number of ether oxygens (including phenoxy) is 5. The van der Waals surface area contributed by atoms with Crippen LogP contribution in [0.3, 0.4) is 0 Å². The van der Waals surface area contributed by atoms with E-state index in [4.69, 9.17) is 23.7 Å². The van der Waals surface area contributed by atoms with Crippen molar-refractivity contribution < 1.29 is 23.7 Å². The number of rotatable bonds is 6. The molecule has 1 N–H and O–H groups in total. The van der Waals surface area contributed by atoms with Crippen LogP contribution in [0.1, 0.15) is 28.7 Å². The van der Waals surface area contributed by atoms with Crippen LogP contribution in [-0.4, -0.2) is 38.4 Å². The SMILES string of the molecule is COc1ccc(C2c3cnc(=O)[nH]c3OC2c2cc(OC)c(OC)c(OC)c2)cc1. The molecular formula is C22H22N2O6. The third-order valence-electron chi connectivity index (χ3n) is 5.18. The molecule has 156 valence electrons. The van der Waals surface area contributed by atoms with Gasteiger partial charge in [0.15, 0.2) is 11.5 Å². The van der Waals surface area contributed by atoms with Gasteiger partial charge in [-0.2, -0.15) is 0 Å². The maximum Gasteiger partial charge on any atom is 0.347 e. The van der Waals surface area contributed by atoms with Gasteiger partial charge >= 0.3 is 5.69 Å². The summed E-state index contributed by atoms with van der Waals surface area (Å²) in [6.45, 7) is 0. The van der Waals surface area contributed by atoms with E-state index in [1.54, 1.807) is 34.6 Å². The van der Waals surface area contributed by atoms with Crippen molar-refractivity contribution in [2.75, 3.05) is 28.4 Å². The summed E-state index contributed by atoms with van der Waals surface area (Å²) in [5.41, 5.74) is 2.12. The molecule has 0 amide bonds. The molecule has 0 radical (unpaired) electrons. The Morgan fingerprint density at radius 1 is 0.900 bits per heavy atom. The number of hydrogen-bond donors (Lipinski definition) is 1. The van der Waals surface area contributed by atoms with Crippen LogP contribution < -0.4 is 29.4 Å². The predicted octanol–water partition coefficient (Wildman–Crippen LogP) is 3.07. The highest BCUT2D eigenvalue weighted by atomic mass is 16.5. The molecule has 2 unspecified atom stereocenters. The number of hydrogen-bond acceptors (Lipinski definition) is 7. The fourth-order valence-corrected chi connectivity index (χ4v) is 3.76. The van der Waals surface area contributed by atoms with E-state index >= 15 is 0 Å². The van der Waals surface area contributed by atoms with E-state index in [2.05, 4.69) is 9.97 Å². The number of H-pyrrole nitrogens is 1. The average molecular weight is 410 g/mol. The highest BCUT2D eigenvalue weighted by molar-refractivity contribution is 5.56. The number of benzene rings is 2. The average Bonchev–Trinajstić information content (AvgIpc) is 3.16. The van der Waals surface area contributed by atoms with Gasteiger partial charge in [0.2, 0.25) is 11.6 Å². The zero-order chi connectivity index (χ0) is 21.3.